The number of hydrogen-bond acceptors (Lipinski definition) is 5. The van der Waals surface area contributed by atoms with E-state index in [0.29, 0.717) is 16.8 Å². The molecule has 1 aliphatic heterocycles. The lowest BCUT2D eigenvalue weighted by molar-refractivity contribution is 0.00323. The summed E-state index contributed by atoms with van der Waals surface area (Å²) >= 11 is 5.92. The summed E-state index contributed by atoms with van der Waals surface area (Å²) in [5, 5.41) is 10.5. The van der Waals surface area contributed by atoms with E-state index in [-0.39, 0.29) is 18.2 Å². The van der Waals surface area contributed by atoms with Crippen molar-refractivity contribution in [2.24, 2.45) is 5.92 Å². The van der Waals surface area contributed by atoms with Gasteiger partial charge in [-0.2, -0.15) is 0 Å². The summed E-state index contributed by atoms with van der Waals surface area (Å²) in [6, 6.07) is 9.21. The van der Waals surface area contributed by atoms with Crippen molar-refractivity contribution in [3.05, 3.63) is 41.0 Å². The zero-order valence-corrected chi connectivity index (χ0v) is 18.0. The highest BCUT2D eigenvalue weighted by Crippen LogP contribution is 2.28. The van der Waals surface area contributed by atoms with Gasteiger partial charge in [0.05, 0.1) is 5.69 Å². The third-order valence-electron chi connectivity index (χ3n) is 5.92. The number of carbonyl (C=O) groups is 1. The van der Waals surface area contributed by atoms with Crippen LogP contribution >= 0.6 is 11.6 Å². The number of rotatable bonds is 7. The number of nitrogens with one attached hydrogen (secondary N) is 2. The fourth-order valence-corrected chi connectivity index (χ4v) is 4.38. The summed E-state index contributed by atoms with van der Waals surface area (Å²) in [7, 11) is 0. The quantitative estimate of drug-likeness (QED) is 0.680. The lowest BCUT2D eigenvalue weighted by Crippen LogP contribution is -2.57. The van der Waals surface area contributed by atoms with Crippen molar-refractivity contribution in [2.45, 2.75) is 51.2 Å². The first-order valence-electron chi connectivity index (χ1n) is 10.8. The molecule has 0 bridgehead atoms. The Kier molecular flexibility index (Phi) is 6.79. The smallest absolute Gasteiger partial charge is 0.321 e. The lowest BCUT2D eigenvalue weighted by atomic mass is 9.83. The number of carbonyl (C=O) groups excluding carboxylic acids is 1. The van der Waals surface area contributed by atoms with Crippen LogP contribution in [-0.4, -0.2) is 47.9 Å². The number of benzene rings is 1. The molecule has 1 saturated heterocycles. The number of anilines is 1. The van der Waals surface area contributed by atoms with Crippen molar-refractivity contribution in [1.82, 2.24) is 15.4 Å². The van der Waals surface area contributed by atoms with E-state index in [2.05, 4.69) is 20.7 Å². The van der Waals surface area contributed by atoms with Crippen molar-refractivity contribution in [3.63, 3.8) is 0 Å². The average molecular weight is 433 g/mol. The molecule has 2 heterocycles. The van der Waals surface area contributed by atoms with E-state index in [1.165, 1.54) is 6.42 Å². The van der Waals surface area contributed by atoms with Crippen LogP contribution in [0.25, 0.3) is 0 Å². The molecule has 1 aliphatic carbocycles. The van der Waals surface area contributed by atoms with Crippen LogP contribution in [0.2, 0.25) is 5.02 Å². The molecule has 30 heavy (non-hydrogen) atoms. The number of aromatic nitrogens is 1. The molecule has 2 aliphatic rings. The van der Waals surface area contributed by atoms with Gasteiger partial charge in [-0.25, -0.2) is 4.79 Å². The van der Waals surface area contributed by atoms with Crippen molar-refractivity contribution < 1.29 is 14.1 Å². The molecule has 162 valence electrons. The summed E-state index contributed by atoms with van der Waals surface area (Å²) in [6.45, 7) is 4.80. The monoisotopic (exact) mass is 432 g/mol. The molecule has 1 aromatic heterocycles. The highest BCUT2D eigenvalue weighted by Gasteiger charge is 2.34. The van der Waals surface area contributed by atoms with Crippen LogP contribution in [0.1, 0.15) is 38.3 Å². The first kappa shape index (κ1) is 21.0. The van der Waals surface area contributed by atoms with Gasteiger partial charge < -0.3 is 14.6 Å². The second-order valence-corrected chi connectivity index (χ2v) is 8.63. The third-order valence-corrected chi connectivity index (χ3v) is 6.17. The maximum Gasteiger partial charge on any atom is 0.321 e. The van der Waals surface area contributed by atoms with Crippen molar-refractivity contribution in [1.29, 1.82) is 0 Å². The number of aryl methyl sites for hydroxylation is 1. The van der Waals surface area contributed by atoms with Crippen molar-refractivity contribution in [2.75, 3.05) is 25.0 Å². The topological polar surface area (TPSA) is 79.6 Å². The highest BCUT2D eigenvalue weighted by atomic mass is 35.5. The van der Waals surface area contributed by atoms with E-state index in [1.54, 1.807) is 6.07 Å². The van der Waals surface area contributed by atoms with Crippen LogP contribution in [0.15, 0.2) is 34.9 Å². The van der Waals surface area contributed by atoms with E-state index < -0.39 is 0 Å². The van der Waals surface area contributed by atoms with Gasteiger partial charge in [-0.3, -0.25) is 10.2 Å². The van der Waals surface area contributed by atoms with E-state index in [0.717, 1.165) is 56.8 Å². The fourth-order valence-electron chi connectivity index (χ4n) is 4.25. The van der Waals surface area contributed by atoms with E-state index >= 15 is 0 Å². The molecule has 2 aromatic rings. The predicted octanol–water partition coefficient (Wildman–Crippen LogP) is 4.33. The Morgan fingerprint density at radius 3 is 2.77 bits per heavy atom. The molecule has 1 saturated carbocycles. The molecular formula is C22H29ClN4O3. The van der Waals surface area contributed by atoms with Crippen molar-refractivity contribution in [3.8, 4) is 5.75 Å². The summed E-state index contributed by atoms with van der Waals surface area (Å²) in [5.74, 6) is 1.69. The molecule has 0 spiro atoms. The second-order valence-electron chi connectivity index (χ2n) is 8.20. The van der Waals surface area contributed by atoms with Gasteiger partial charge in [0.1, 0.15) is 11.9 Å². The summed E-state index contributed by atoms with van der Waals surface area (Å²) in [5.41, 5.74) is 0.828. The molecule has 2 fully saturated rings. The summed E-state index contributed by atoms with van der Waals surface area (Å²) < 4.78 is 11.1. The Bertz CT molecular complexity index is 835. The zero-order chi connectivity index (χ0) is 20.9. The lowest BCUT2D eigenvalue weighted by Gasteiger charge is -2.43. The minimum atomic E-state index is -0.224. The number of ether oxygens (including phenoxy) is 1. The largest absolute Gasteiger partial charge is 0.488 e. The summed E-state index contributed by atoms with van der Waals surface area (Å²) in [6.07, 6.45) is 5.48. The molecule has 4 rings (SSSR count). The van der Waals surface area contributed by atoms with Gasteiger partial charge >= 0.3 is 6.03 Å². The van der Waals surface area contributed by atoms with Gasteiger partial charge in [-0.15, -0.1) is 0 Å². The van der Waals surface area contributed by atoms with Crippen LogP contribution in [0.4, 0.5) is 10.7 Å². The Balaban J connectivity index is 1.23. The molecule has 0 radical (unpaired) electrons. The second kappa shape index (κ2) is 9.71. The van der Waals surface area contributed by atoms with Gasteiger partial charge in [-0.1, -0.05) is 36.5 Å². The molecule has 2 N–H and O–H groups in total. The van der Waals surface area contributed by atoms with Crippen molar-refractivity contribution >= 4 is 23.5 Å². The molecule has 7 nitrogen and oxygen atoms in total. The molecule has 2 amide bonds. The van der Waals surface area contributed by atoms with Crippen LogP contribution in [0.5, 0.6) is 5.75 Å². The van der Waals surface area contributed by atoms with E-state index in [9.17, 15) is 4.79 Å². The third kappa shape index (κ3) is 5.46. The van der Waals surface area contributed by atoms with Crippen LogP contribution in [0, 0.1) is 5.92 Å². The fraction of sp³-hybridized carbons (Fsp3) is 0.545. The van der Waals surface area contributed by atoms with Gasteiger partial charge in [0.2, 0.25) is 5.88 Å². The number of hydrogen-bond donors (Lipinski definition) is 2. The zero-order valence-electron chi connectivity index (χ0n) is 17.3. The van der Waals surface area contributed by atoms with Crippen LogP contribution in [-0.2, 0) is 6.42 Å². The van der Waals surface area contributed by atoms with Gasteiger partial charge in [0.15, 0.2) is 0 Å². The number of halogens is 1. The normalized spacial score (nSPS) is 22.3. The first-order chi connectivity index (χ1) is 14.6. The molecule has 1 aromatic carbocycles. The number of amides is 2. The Morgan fingerprint density at radius 2 is 2.03 bits per heavy atom. The highest BCUT2D eigenvalue weighted by molar-refractivity contribution is 6.30. The van der Waals surface area contributed by atoms with Gasteiger partial charge in [0.25, 0.3) is 0 Å². The molecule has 8 heteroatoms. The maximum absolute atomic E-state index is 12.4. The number of urea groups is 1. The predicted molar refractivity (Wildman–Crippen MR) is 116 cm³/mol. The maximum atomic E-state index is 12.4. The standard InChI is InChI=1S/C22H29ClN4O3/c1-2-17-11-21(30-26-17)25-22(28)24-20-6-4-3-5-15(20)12-27-13-19(14-27)29-18-9-7-16(23)8-10-18/h7-11,15,19-20H,2-6,12-14H2,1H3,(H2,24,25,28)/t15-,20-/m1/s1. The Morgan fingerprint density at radius 1 is 1.27 bits per heavy atom. The Labute approximate surface area is 182 Å². The molecule has 2 atom stereocenters. The van der Waals surface area contributed by atoms with Crippen LogP contribution < -0.4 is 15.4 Å². The van der Waals surface area contributed by atoms with Crippen LogP contribution in [0.3, 0.4) is 0 Å². The first-order valence-corrected chi connectivity index (χ1v) is 11.1. The van der Waals surface area contributed by atoms with Gasteiger partial charge in [-0.05, 0) is 49.4 Å². The minimum absolute atomic E-state index is 0.170. The SMILES string of the molecule is CCc1cc(NC(=O)N[C@@H]2CCCC[C@@H]2CN2CC(Oc3ccc(Cl)cc3)C2)on1. The summed E-state index contributed by atoms with van der Waals surface area (Å²) in [4.78, 5) is 14.8. The Hall–Kier alpha value is -2.25. The number of likely N-dealkylation sites (tertiary alicyclic amines) is 1. The molecule has 0 unspecified atom stereocenters. The van der Waals surface area contributed by atoms with Gasteiger partial charge in [0, 0.05) is 36.8 Å². The minimum Gasteiger partial charge on any atom is -0.488 e. The number of nitrogens with zero attached hydrogens (tertiary/aromatic N) is 2. The van der Waals surface area contributed by atoms with E-state index in [1.807, 2.05) is 31.2 Å². The van der Waals surface area contributed by atoms with E-state index in [4.69, 9.17) is 20.9 Å². The average Bonchev–Trinajstić information content (AvgIpc) is 3.16. The molecular weight excluding hydrogens is 404 g/mol.